The Balaban J connectivity index is 1.88. The van der Waals surface area contributed by atoms with E-state index in [4.69, 9.17) is 9.84 Å². The van der Waals surface area contributed by atoms with E-state index < -0.39 is 0 Å². The fourth-order valence-corrected chi connectivity index (χ4v) is 2.24. The number of rotatable bonds is 5. The number of aliphatic hydroxyl groups excluding tert-OH is 1. The van der Waals surface area contributed by atoms with Gasteiger partial charge in [0, 0.05) is 23.4 Å². The number of thiophene rings is 1. The molecule has 1 aliphatic rings. The topological polar surface area (TPSA) is 58.6 Å². The van der Waals surface area contributed by atoms with E-state index in [1.165, 1.54) is 11.3 Å². The van der Waals surface area contributed by atoms with Crippen LogP contribution in [0.1, 0.15) is 22.5 Å². The molecule has 1 amide bonds. The number of carbonyl (C=O) groups excluding carboxylic acids is 1. The van der Waals surface area contributed by atoms with Gasteiger partial charge < -0.3 is 15.2 Å². The van der Waals surface area contributed by atoms with E-state index in [1.54, 1.807) is 18.6 Å². The number of nitrogens with one attached hydrogen (secondary N) is 1. The van der Waals surface area contributed by atoms with Crippen LogP contribution in [0.2, 0.25) is 0 Å². The van der Waals surface area contributed by atoms with Gasteiger partial charge in [0.1, 0.15) is 5.75 Å². The molecule has 88 valence electrons. The van der Waals surface area contributed by atoms with Gasteiger partial charge in [0.15, 0.2) is 0 Å². The summed E-state index contributed by atoms with van der Waals surface area (Å²) in [7, 11) is 1.58. The Morgan fingerprint density at radius 3 is 2.94 bits per heavy atom. The lowest BCUT2D eigenvalue weighted by molar-refractivity contribution is 0.0939. The van der Waals surface area contributed by atoms with Gasteiger partial charge in [-0.25, -0.2) is 0 Å². The molecule has 0 unspecified atom stereocenters. The molecular formula is C11H15NO3S. The summed E-state index contributed by atoms with van der Waals surface area (Å²) >= 11 is 1.36. The van der Waals surface area contributed by atoms with Gasteiger partial charge >= 0.3 is 0 Å². The second-order valence-electron chi connectivity index (χ2n) is 4.19. The summed E-state index contributed by atoms with van der Waals surface area (Å²) in [4.78, 5) is 12.4. The maximum atomic E-state index is 11.7. The minimum absolute atomic E-state index is 0.0446. The molecule has 4 nitrogen and oxygen atoms in total. The number of aliphatic hydroxyl groups is 1. The van der Waals surface area contributed by atoms with Crippen molar-refractivity contribution in [1.29, 1.82) is 0 Å². The van der Waals surface area contributed by atoms with Gasteiger partial charge in [-0.3, -0.25) is 4.79 Å². The first-order chi connectivity index (χ1) is 7.69. The molecule has 0 atom stereocenters. The largest absolute Gasteiger partial charge is 0.496 e. The quantitative estimate of drug-likeness (QED) is 0.816. The van der Waals surface area contributed by atoms with Crippen molar-refractivity contribution >= 4 is 17.2 Å². The van der Waals surface area contributed by atoms with Gasteiger partial charge in [0.05, 0.1) is 18.6 Å². The predicted octanol–water partition coefficient (Wildman–Crippen LogP) is 1.26. The Bertz CT molecular complexity index is 384. The van der Waals surface area contributed by atoms with E-state index in [0.717, 1.165) is 12.8 Å². The zero-order chi connectivity index (χ0) is 11.6. The fourth-order valence-electron chi connectivity index (χ4n) is 1.47. The molecule has 1 heterocycles. The first-order valence-corrected chi connectivity index (χ1v) is 6.09. The smallest absolute Gasteiger partial charge is 0.261 e. The summed E-state index contributed by atoms with van der Waals surface area (Å²) < 4.78 is 5.01. The molecule has 0 aromatic carbocycles. The minimum Gasteiger partial charge on any atom is -0.496 e. The second kappa shape index (κ2) is 4.43. The average molecular weight is 241 g/mol. The molecule has 1 saturated carbocycles. The Morgan fingerprint density at radius 1 is 1.69 bits per heavy atom. The third kappa shape index (κ3) is 2.36. The molecule has 2 rings (SSSR count). The normalized spacial score (nSPS) is 16.9. The van der Waals surface area contributed by atoms with Crippen molar-refractivity contribution < 1.29 is 14.6 Å². The number of methoxy groups -OCH3 is 1. The highest BCUT2D eigenvalue weighted by Gasteiger charge is 2.42. The van der Waals surface area contributed by atoms with Crippen LogP contribution >= 0.6 is 11.3 Å². The molecule has 0 radical (unpaired) electrons. The van der Waals surface area contributed by atoms with Crippen LogP contribution < -0.4 is 10.1 Å². The Morgan fingerprint density at radius 2 is 2.44 bits per heavy atom. The highest BCUT2D eigenvalue weighted by molar-refractivity contribution is 7.12. The fraction of sp³-hybridized carbons (Fsp3) is 0.545. The summed E-state index contributed by atoms with van der Waals surface area (Å²) in [5, 5.41) is 13.8. The van der Waals surface area contributed by atoms with Crippen LogP contribution in [-0.2, 0) is 0 Å². The summed E-state index contributed by atoms with van der Waals surface area (Å²) in [5.41, 5.74) is -0.0446. The Labute approximate surface area is 98.2 Å². The molecule has 1 aromatic rings. The molecular weight excluding hydrogens is 226 g/mol. The van der Waals surface area contributed by atoms with Crippen LogP contribution in [0, 0.1) is 5.41 Å². The number of ether oxygens (including phenoxy) is 1. The second-order valence-corrected chi connectivity index (χ2v) is 5.10. The molecule has 1 fully saturated rings. The van der Waals surface area contributed by atoms with Crippen LogP contribution in [0.25, 0.3) is 0 Å². The summed E-state index contributed by atoms with van der Waals surface area (Å²) in [6.45, 7) is 0.712. The molecule has 0 spiro atoms. The average Bonchev–Trinajstić information content (AvgIpc) is 2.94. The molecule has 5 heteroatoms. The third-order valence-corrected chi connectivity index (χ3v) is 3.86. The summed E-state index contributed by atoms with van der Waals surface area (Å²) in [6, 6.07) is 1.72. The predicted molar refractivity (Wildman–Crippen MR) is 62.0 cm³/mol. The van der Waals surface area contributed by atoms with Crippen molar-refractivity contribution in [3.8, 4) is 5.75 Å². The minimum atomic E-state index is -0.0898. The maximum absolute atomic E-state index is 11.7. The molecule has 0 saturated heterocycles. The number of amides is 1. The van der Waals surface area contributed by atoms with Gasteiger partial charge in [-0.15, -0.1) is 11.3 Å². The Hall–Kier alpha value is -1.07. The van der Waals surface area contributed by atoms with Gasteiger partial charge in [-0.2, -0.15) is 0 Å². The standard InChI is InChI=1S/C11H15NO3S/c1-15-8-4-9(16-5-8)10(14)12-6-11(7-13)2-3-11/h4-5,13H,2-3,6-7H2,1H3,(H,12,14). The molecule has 1 aromatic heterocycles. The van der Waals surface area contributed by atoms with E-state index in [9.17, 15) is 4.79 Å². The SMILES string of the molecule is COc1csc(C(=O)NCC2(CO)CC2)c1. The van der Waals surface area contributed by atoms with Crippen molar-refractivity contribution in [2.45, 2.75) is 12.8 Å². The number of carbonyl (C=O) groups is 1. The van der Waals surface area contributed by atoms with Crippen LogP contribution in [0.4, 0.5) is 0 Å². The van der Waals surface area contributed by atoms with Gasteiger partial charge in [-0.1, -0.05) is 0 Å². The maximum Gasteiger partial charge on any atom is 0.261 e. The van der Waals surface area contributed by atoms with Crippen molar-refractivity contribution in [3.63, 3.8) is 0 Å². The van der Waals surface area contributed by atoms with Gasteiger partial charge in [0.25, 0.3) is 5.91 Å². The van der Waals surface area contributed by atoms with Crippen LogP contribution in [-0.4, -0.2) is 31.3 Å². The van der Waals surface area contributed by atoms with E-state index in [-0.39, 0.29) is 17.9 Å². The van der Waals surface area contributed by atoms with E-state index in [1.807, 2.05) is 0 Å². The first-order valence-electron chi connectivity index (χ1n) is 5.21. The van der Waals surface area contributed by atoms with Crippen molar-refractivity contribution in [2.75, 3.05) is 20.3 Å². The summed E-state index contributed by atoms with van der Waals surface area (Å²) in [5.74, 6) is 0.617. The highest BCUT2D eigenvalue weighted by Crippen LogP contribution is 2.44. The molecule has 16 heavy (non-hydrogen) atoms. The lowest BCUT2D eigenvalue weighted by atomic mass is 10.1. The van der Waals surface area contributed by atoms with Crippen molar-refractivity contribution in [2.24, 2.45) is 5.41 Å². The monoisotopic (exact) mass is 241 g/mol. The Kier molecular flexibility index (Phi) is 3.16. The highest BCUT2D eigenvalue weighted by atomic mass is 32.1. The third-order valence-electron chi connectivity index (χ3n) is 2.95. The lowest BCUT2D eigenvalue weighted by Crippen LogP contribution is -2.31. The first kappa shape index (κ1) is 11.4. The van der Waals surface area contributed by atoms with Gasteiger partial charge in [0.2, 0.25) is 0 Å². The molecule has 0 bridgehead atoms. The van der Waals surface area contributed by atoms with Crippen molar-refractivity contribution in [1.82, 2.24) is 5.32 Å². The summed E-state index contributed by atoms with van der Waals surface area (Å²) in [6.07, 6.45) is 2.00. The molecule has 2 N–H and O–H groups in total. The number of hydrogen-bond acceptors (Lipinski definition) is 4. The van der Waals surface area contributed by atoms with Crippen LogP contribution in [0.5, 0.6) is 5.75 Å². The zero-order valence-corrected chi connectivity index (χ0v) is 9.97. The lowest BCUT2D eigenvalue weighted by Gasteiger charge is -2.11. The van der Waals surface area contributed by atoms with Crippen LogP contribution in [0.3, 0.4) is 0 Å². The van der Waals surface area contributed by atoms with Gasteiger partial charge in [-0.05, 0) is 12.8 Å². The van der Waals surface area contributed by atoms with E-state index in [0.29, 0.717) is 17.2 Å². The van der Waals surface area contributed by atoms with E-state index in [2.05, 4.69) is 5.32 Å². The van der Waals surface area contributed by atoms with E-state index >= 15 is 0 Å². The zero-order valence-electron chi connectivity index (χ0n) is 9.16. The molecule has 0 aliphatic heterocycles. The molecule has 1 aliphatic carbocycles. The van der Waals surface area contributed by atoms with Crippen LogP contribution in [0.15, 0.2) is 11.4 Å². The van der Waals surface area contributed by atoms with Crippen molar-refractivity contribution in [3.05, 3.63) is 16.3 Å². The number of hydrogen-bond donors (Lipinski definition) is 2.